The van der Waals surface area contributed by atoms with Crippen LogP contribution in [0, 0.1) is 6.92 Å². The molecule has 0 spiro atoms. The van der Waals surface area contributed by atoms with Crippen molar-refractivity contribution in [2.24, 2.45) is 0 Å². The van der Waals surface area contributed by atoms with E-state index in [1.54, 1.807) is 0 Å². The van der Waals surface area contributed by atoms with Crippen LogP contribution in [0.5, 0.6) is 0 Å². The van der Waals surface area contributed by atoms with E-state index in [-0.39, 0.29) is 16.9 Å². The van der Waals surface area contributed by atoms with Crippen LogP contribution in [0.2, 0.25) is 0 Å². The summed E-state index contributed by atoms with van der Waals surface area (Å²) < 4.78 is 39.7. The molecule has 0 bridgehead atoms. The van der Waals surface area contributed by atoms with Crippen LogP contribution in [-0.2, 0) is 11.0 Å². The van der Waals surface area contributed by atoms with E-state index in [0.29, 0.717) is 0 Å². The highest BCUT2D eigenvalue weighted by Gasteiger charge is 2.32. The average molecular weight is 355 g/mol. The van der Waals surface area contributed by atoms with Crippen LogP contribution in [0.1, 0.15) is 35.5 Å². The lowest BCUT2D eigenvalue weighted by molar-refractivity contribution is -0.143. The van der Waals surface area contributed by atoms with E-state index in [1.807, 2.05) is 0 Å². The van der Waals surface area contributed by atoms with E-state index in [2.05, 4.69) is 10.4 Å². The Bertz CT molecular complexity index is 826. The Morgan fingerprint density at radius 2 is 1.88 bits per heavy atom. The molecule has 2 rings (SSSR count). The quantitative estimate of drug-likeness (QED) is 0.883. The zero-order valence-electron chi connectivity index (χ0n) is 13.7. The fourth-order valence-corrected chi connectivity index (χ4v) is 2.11. The van der Waals surface area contributed by atoms with Crippen LogP contribution in [0.4, 0.5) is 13.2 Å². The van der Waals surface area contributed by atoms with Crippen molar-refractivity contribution in [3.8, 4) is 5.69 Å². The minimum Gasteiger partial charge on any atom is -0.480 e. The number of aliphatic carboxylic acids is 1. The maximum Gasteiger partial charge on any atom is 0.416 e. The molecule has 0 saturated heterocycles. The first-order chi connectivity index (χ1) is 11.4. The number of aromatic nitrogens is 2. The molecule has 0 aliphatic rings. The molecule has 1 aromatic heterocycles. The first-order valence-electron chi connectivity index (χ1n) is 7.21. The summed E-state index contributed by atoms with van der Waals surface area (Å²) in [7, 11) is 0. The van der Waals surface area contributed by atoms with Gasteiger partial charge in [0, 0.05) is 0 Å². The number of hydrogen-bond acceptors (Lipinski definition) is 3. The van der Waals surface area contributed by atoms with Crippen LogP contribution in [0.15, 0.2) is 30.5 Å². The van der Waals surface area contributed by atoms with Gasteiger partial charge in [-0.05, 0) is 39.0 Å². The summed E-state index contributed by atoms with van der Waals surface area (Å²) in [6.45, 7) is 4.15. The van der Waals surface area contributed by atoms with Crippen molar-refractivity contribution >= 4 is 11.9 Å². The summed E-state index contributed by atoms with van der Waals surface area (Å²) in [5, 5.41) is 15.3. The number of alkyl halides is 3. The van der Waals surface area contributed by atoms with E-state index in [4.69, 9.17) is 5.11 Å². The number of nitrogens with one attached hydrogen (secondary N) is 1. The lowest BCUT2D eigenvalue weighted by atomic mass is 10.1. The number of halogens is 3. The van der Waals surface area contributed by atoms with Crippen LogP contribution in [0.3, 0.4) is 0 Å². The predicted octanol–water partition coefficient (Wildman–Crippen LogP) is 2.79. The molecular formula is C16H16F3N3O3. The predicted molar refractivity (Wildman–Crippen MR) is 82.5 cm³/mol. The number of carboxylic acid groups (broad SMARTS) is 1. The number of carbonyl (C=O) groups is 2. The minimum atomic E-state index is -4.50. The molecule has 25 heavy (non-hydrogen) atoms. The first kappa shape index (κ1) is 18.5. The number of benzene rings is 1. The van der Waals surface area contributed by atoms with Crippen molar-refractivity contribution in [3.05, 3.63) is 47.3 Å². The van der Waals surface area contributed by atoms with Crippen molar-refractivity contribution in [2.75, 3.05) is 0 Å². The highest BCUT2D eigenvalue weighted by atomic mass is 19.4. The van der Waals surface area contributed by atoms with Crippen LogP contribution in [0.25, 0.3) is 5.69 Å². The molecule has 0 aliphatic carbocycles. The molecule has 134 valence electrons. The van der Waals surface area contributed by atoms with Crippen LogP contribution >= 0.6 is 0 Å². The number of carbonyl (C=O) groups excluding carboxylic acids is 1. The Morgan fingerprint density at radius 3 is 2.44 bits per heavy atom. The minimum absolute atomic E-state index is 0.0757. The maximum atomic E-state index is 12.8. The van der Waals surface area contributed by atoms with Gasteiger partial charge in [0.15, 0.2) is 0 Å². The molecule has 2 aromatic rings. The fourth-order valence-electron chi connectivity index (χ4n) is 2.11. The molecule has 0 fully saturated rings. The SMILES string of the molecule is Cc1c(C(=O)NC(C)(C)C(=O)O)cnn1-c1cccc(C(F)(F)F)c1. The molecule has 0 atom stereocenters. The molecule has 1 heterocycles. The van der Waals surface area contributed by atoms with Crippen LogP contribution in [-0.4, -0.2) is 32.3 Å². The van der Waals surface area contributed by atoms with E-state index in [0.717, 1.165) is 12.1 Å². The van der Waals surface area contributed by atoms with Gasteiger partial charge in [-0.25, -0.2) is 9.48 Å². The number of nitrogens with zero attached hydrogens (tertiary/aromatic N) is 2. The molecular weight excluding hydrogens is 339 g/mol. The highest BCUT2D eigenvalue weighted by molar-refractivity contribution is 5.98. The second-order valence-corrected chi connectivity index (χ2v) is 5.99. The van der Waals surface area contributed by atoms with E-state index < -0.39 is 29.2 Å². The van der Waals surface area contributed by atoms with Crippen molar-refractivity contribution < 1.29 is 27.9 Å². The Hall–Kier alpha value is -2.84. The molecule has 0 aliphatic heterocycles. The monoisotopic (exact) mass is 355 g/mol. The first-order valence-corrected chi connectivity index (χ1v) is 7.21. The second-order valence-electron chi connectivity index (χ2n) is 5.99. The molecule has 0 saturated carbocycles. The second kappa shape index (κ2) is 6.23. The zero-order valence-corrected chi connectivity index (χ0v) is 13.7. The van der Waals surface area contributed by atoms with E-state index in [9.17, 15) is 22.8 Å². The van der Waals surface area contributed by atoms with Crippen molar-refractivity contribution in [2.45, 2.75) is 32.5 Å². The van der Waals surface area contributed by atoms with Gasteiger partial charge in [-0.3, -0.25) is 4.79 Å². The van der Waals surface area contributed by atoms with Gasteiger partial charge in [0.05, 0.1) is 28.7 Å². The van der Waals surface area contributed by atoms with Gasteiger partial charge < -0.3 is 10.4 Å². The van der Waals surface area contributed by atoms with Crippen molar-refractivity contribution in [3.63, 3.8) is 0 Å². The van der Waals surface area contributed by atoms with Crippen molar-refractivity contribution in [1.29, 1.82) is 0 Å². The fraction of sp³-hybridized carbons (Fsp3) is 0.312. The Morgan fingerprint density at radius 1 is 1.24 bits per heavy atom. The summed E-state index contributed by atoms with van der Waals surface area (Å²) in [6.07, 6.45) is -3.31. The van der Waals surface area contributed by atoms with Gasteiger partial charge in [-0.1, -0.05) is 6.07 Å². The maximum absolute atomic E-state index is 12.8. The van der Waals surface area contributed by atoms with Gasteiger partial charge in [-0.15, -0.1) is 0 Å². The van der Waals surface area contributed by atoms with Gasteiger partial charge in [0.1, 0.15) is 5.54 Å². The third-order valence-corrected chi connectivity index (χ3v) is 3.63. The van der Waals surface area contributed by atoms with Gasteiger partial charge in [0.25, 0.3) is 5.91 Å². The Balaban J connectivity index is 2.36. The molecule has 0 radical (unpaired) electrons. The third kappa shape index (κ3) is 3.81. The molecule has 0 unspecified atom stereocenters. The lowest BCUT2D eigenvalue weighted by Crippen LogP contribution is -2.49. The Labute approximate surface area is 141 Å². The Kier molecular flexibility index (Phi) is 4.61. The van der Waals surface area contributed by atoms with Crippen LogP contribution < -0.4 is 5.32 Å². The molecule has 6 nitrogen and oxygen atoms in total. The highest BCUT2D eigenvalue weighted by Crippen LogP contribution is 2.30. The van der Waals surface area contributed by atoms with Gasteiger partial charge >= 0.3 is 12.1 Å². The smallest absolute Gasteiger partial charge is 0.416 e. The summed E-state index contributed by atoms with van der Waals surface area (Å²) in [5.74, 6) is -1.90. The normalized spacial score (nSPS) is 12.1. The summed E-state index contributed by atoms with van der Waals surface area (Å²) >= 11 is 0. The van der Waals surface area contributed by atoms with E-state index in [1.165, 1.54) is 43.8 Å². The number of hydrogen-bond donors (Lipinski definition) is 2. The van der Waals surface area contributed by atoms with Crippen molar-refractivity contribution in [1.82, 2.24) is 15.1 Å². The molecule has 2 N–H and O–H groups in total. The van der Waals surface area contributed by atoms with Gasteiger partial charge in [-0.2, -0.15) is 18.3 Å². The number of rotatable bonds is 4. The molecule has 1 amide bonds. The van der Waals surface area contributed by atoms with Gasteiger partial charge in [0.2, 0.25) is 0 Å². The number of carboxylic acids is 1. The average Bonchev–Trinajstić information content (AvgIpc) is 2.87. The largest absolute Gasteiger partial charge is 0.480 e. The molecule has 1 aromatic carbocycles. The summed E-state index contributed by atoms with van der Waals surface area (Å²) in [4.78, 5) is 23.3. The number of amides is 1. The summed E-state index contributed by atoms with van der Waals surface area (Å²) in [6, 6.07) is 4.53. The standard InChI is InChI=1S/C16H16F3N3O3/c1-9-12(13(23)21-15(2,3)14(24)25)8-20-22(9)11-6-4-5-10(7-11)16(17,18)19/h4-8H,1-3H3,(H,21,23)(H,24,25). The molecule has 9 heteroatoms. The summed E-state index contributed by atoms with van der Waals surface area (Å²) in [5.41, 5.74) is -1.83. The lowest BCUT2D eigenvalue weighted by Gasteiger charge is -2.20. The zero-order chi connectivity index (χ0) is 19.0. The van der Waals surface area contributed by atoms with E-state index >= 15 is 0 Å². The topological polar surface area (TPSA) is 84.2 Å². The third-order valence-electron chi connectivity index (χ3n) is 3.63.